The van der Waals surface area contributed by atoms with Gasteiger partial charge in [-0.25, -0.2) is 14.8 Å². The van der Waals surface area contributed by atoms with Crippen molar-refractivity contribution in [3.8, 4) is 0 Å². The first-order chi connectivity index (χ1) is 16.3. The number of aliphatic hydroxyl groups excluding tert-OH is 3. The lowest BCUT2D eigenvalue weighted by atomic mass is 10.2. The lowest BCUT2D eigenvalue weighted by molar-refractivity contribution is -0.0462. The predicted octanol–water partition coefficient (Wildman–Crippen LogP) is -1.89. The molecule has 3 aromatic rings. The molecule has 2 aliphatic heterocycles. The molecule has 5 atom stereocenters. The van der Waals surface area contributed by atoms with Gasteiger partial charge < -0.3 is 29.8 Å². The lowest BCUT2D eigenvalue weighted by Gasteiger charge is -2.13. The van der Waals surface area contributed by atoms with Crippen LogP contribution in [0.1, 0.15) is 31.7 Å². The monoisotopic (exact) mass is 482 g/mol. The molecule has 0 aliphatic carbocycles. The van der Waals surface area contributed by atoms with E-state index in [1.165, 1.54) is 6.33 Å². The molecule has 2 saturated heterocycles. The molecule has 0 amide bonds. The summed E-state index contributed by atoms with van der Waals surface area (Å²) < 4.78 is 26.4. The number of H-pyrrole nitrogens is 2. The van der Waals surface area contributed by atoms with E-state index in [4.69, 9.17) is 19.7 Å². The van der Waals surface area contributed by atoms with Crippen LogP contribution in [0, 0.1) is 5.82 Å². The van der Waals surface area contributed by atoms with Gasteiger partial charge in [0, 0.05) is 6.42 Å². The van der Waals surface area contributed by atoms with Crippen LogP contribution in [-0.4, -0.2) is 75.9 Å². The summed E-state index contributed by atoms with van der Waals surface area (Å²) in [7, 11) is 0. The van der Waals surface area contributed by atoms with E-state index in [1.54, 1.807) is 15.9 Å². The molecule has 14 nitrogen and oxygen atoms in total. The average molecular weight is 482 g/mol. The van der Waals surface area contributed by atoms with Crippen LogP contribution in [0.25, 0.3) is 11.2 Å². The summed E-state index contributed by atoms with van der Waals surface area (Å²) in [4.78, 5) is 46.1. The number of aromatic amines is 2. The van der Waals surface area contributed by atoms with E-state index in [0.29, 0.717) is 11.2 Å². The molecule has 5 rings (SSSR count). The second kappa shape index (κ2) is 9.94. The molecule has 2 fully saturated rings. The van der Waals surface area contributed by atoms with Crippen molar-refractivity contribution < 1.29 is 29.2 Å². The molecule has 0 radical (unpaired) electrons. The molecule has 3 aromatic heterocycles. The molecule has 184 valence electrons. The number of nitrogens with one attached hydrogen (secondary N) is 2. The van der Waals surface area contributed by atoms with Crippen molar-refractivity contribution >= 4 is 11.2 Å². The number of imidazole rings is 1. The van der Waals surface area contributed by atoms with Crippen LogP contribution in [0.15, 0.2) is 33.2 Å². The summed E-state index contributed by atoms with van der Waals surface area (Å²) in [5, 5.41) is 27.4. The third kappa shape index (κ3) is 4.69. The van der Waals surface area contributed by atoms with Crippen molar-refractivity contribution in [3.63, 3.8) is 0 Å². The van der Waals surface area contributed by atoms with E-state index >= 15 is 0 Å². The van der Waals surface area contributed by atoms with Gasteiger partial charge in [-0.2, -0.15) is 4.39 Å². The Morgan fingerprint density at radius 1 is 1.06 bits per heavy atom. The number of fused-ring (bicyclic) bond motifs is 1. The fraction of sp³-hybridized carbons (Fsp3) is 0.526. The third-order valence-corrected chi connectivity index (χ3v) is 5.58. The standard InChI is InChI=1S/C10H12N4O3.C9H11FN2O5/c15-3-6-1-2-7(17-6)14-5-13-8-9(14)11-4-12-10(8)16;10-4-2-12(9(16)11-8(4)15)7-1-5(14)6(3-13)17-7/h4-7,15H,1-3H2,(H,11,12,16);2,5-7,13-14H,1,3H2,(H,11,15,16)/t6-,7+;5-,6+,7+/m00/s1. The highest BCUT2D eigenvalue weighted by Gasteiger charge is 2.35. The number of hydrogen-bond donors (Lipinski definition) is 5. The Labute approximate surface area is 189 Å². The zero-order valence-corrected chi connectivity index (χ0v) is 17.7. The summed E-state index contributed by atoms with van der Waals surface area (Å²) in [6.07, 6.45) is 2.24. The summed E-state index contributed by atoms with van der Waals surface area (Å²) >= 11 is 0. The number of hydrogen-bond acceptors (Lipinski definition) is 10. The fourth-order valence-corrected chi connectivity index (χ4v) is 3.82. The van der Waals surface area contributed by atoms with Crippen molar-refractivity contribution in [2.75, 3.05) is 13.2 Å². The molecule has 34 heavy (non-hydrogen) atoms. The van der Waals surface area contributed by atoms with Crippen molar-refractivity contribution in [1.29, 1.82) is 0 Å². The summed E-state index contributed by atoms with van der Waals surface area (Å²) in [6.45, 7) is -0.393. The van der Waals surface area contributed by atoms with Crippen LogP contribution < -0.4 is 16.8 Å². The number of aromatic nitrogens is 6. The van der Waals surface area contributed by atoms with Gasteiger partial charge in [0.25, 0.3) is 11.1 Å². The van der Waals surface area contributed by atoms with Crippen molar-refractivity contribution in [2.45, 2.75) is 50.0 Å². The fourth-order valence-electron chi connectivity index (χ4n) is 3.82. The molecule has 2 aliphatic rings. The molecule has 0 bridgehead atoms. The normalized spacial score (nSPS) is 26.5. The molecule has 0 unspecified atom stereocenters. The summed E-state index contributed by atoms with van der Waals surface area (Å²) in [5.74, 6) is -1.12. The maximum absolute atomic E-state index is 13.0. The van der Waals surface area contributed by atoms with Crippen molar-refractivity contribution in [1.82, 2.24) is 29.1 Å². The number of halogens is 1. The van der Waals surface area contributed by atoms with Crippen molar-refractivity contribution in [2.24, 2.45) is 0 Å². The van der Waals surface area contributed by atoms with Crippen LogP contribution in [-0.2, 0) is 9.47 Å². The minimum absolute atomic E-state index is 0.0111. The maximum atomic E-state index is 13.0. The Morgan fingerprint density at radius 3 is 2.53 bits per heavy atom. The number of nitrogens with zero attached hydrogens (tertiary/aromatic N) is 4. The van der Waals surface area contributed by atoms with Crippen LogP contribution in [0.4, 0.5) is 4.39 Å². The molecular weight excluding hydrogens is 459 g/mol. The van der Waals surface area contributed by atoms with Crippen LogP contribution in [0.2, 0.25) is 0 Å². The second-order valence-electron chi connectivity index (χ2n) is 7.79. The Hall–Kier alpha value is -3.24. The molecule has 0 saturated carbocycles. The number of rotatable bonds is 4. The van der Waals surface area contributed by atoms with Gasteiger partial charge in [0.2, 0.25) is 5.82 Å². The Morgan fingerprint density at radius 2 is 1.85 bits per heavy atom. The van der Waals surface area contributed by atoms with Crippen LogP contribution in [0.3, 0.4) is 0 Å². The van der Waals surface area contributed by atoms with Gasteiger partial charge in [0.05, 0.1) is 44.3 Å². The van der Waals surface area contributed by atoms with E-state index in [9.17, 15) is 23.9 Å². The molecule has 15 heteroatoms. The lowest BCUT2D eigenvalue weighted by Crippen LogP contribution is -2.34. The second-order valence-corrected chi connectivity index (χ2v) is 7.79. The van der Waals surface area contributed by atoms with Crippen molar-refractivity contribution in [3.05, 3.63) is 55.9 Å². The first-order valence-corrected chi connectivity index (χ1v) is 10.4. The van der Waals surface area contributed by atoms with Crippen LogP contribution >= 0.6 is 0 Å². The topological polar surface area (TPSA) is 198 Å². The summed E-state index contributed by atoms with van der Waals surface area (Å²) in [6, 6.07) is 0. The quantitative estimate of drug-likeness (QED) is 0.280. The van der Waals surface area contributed by atoms with E-state index in [0.717, 1.165) is 23.6 Å². The van der Waals surface area contributed by atoms with Gasteiger partial charge in [-0.15, -0.1) is 0 Å². The minimum Gasteiger partial charge on any atom is -0.394 e. The third-order valence-electron chi connectivity index (χ3n) is 5.58. The van der Waals surface area contributed by atoms with Crippen LogP contribution in [0.5, 0.6) is 0 Å². The highest BCUT2D eigenvalue weighted by molar-refractivity contribution is 5.68. The highest BCUT2D eigenvalue weighted by atomic mass is 19.1. The molecule has 0 aromatic carbocycles. The largest absolute Gasteiger partial charge is 0.394 e. The number of ether oxygens (including phenoxy) is 2. The van der Waals surface area contributed by atoms with Gasteiger partial charge in [-0.3, -0.25) is 23.7 Å². The Kier molecular flexibility index (Phi) is 6.99. The Balaban J connectivity index is 0.000000161. The smallest absolute Gasteiger partial charge is 0.330 e. The minimum atomic E-state index is -1.12. The zero-order chi connectivity index (χ0) is 24.4. The first-order valence-electron chi connectivity index (χ1n) is 10.4. The highest BCUT2D eigenvalue weighted by Crippen LogP contribution is 2.29. The molecular formula is C19H23FN6O8. The Bertz CT molecular complexity index is 1320. The SMILES string of the molecule is O=c1[nH]c(=O)n([C@H]2C[C@H](O)[C@@H](CO)O2)cc1F.O=c1[nH]cnc2c1ncn2[C@H]1CC[C@@H](CO)O1. The van der Waals surface area contributed by atoms with Gasteiger partial charge in [0.15, 0.2) is 11.2 Å². The van der Waals surface area contributed by atoms with E-state index in [-0.39, 0.29) is 30.9 Å². The van der Waals surface area contributed by atoms with Gasteiger partial charge in [0.1, 0.15) is 18.6 Å². The van der Waals surface area contributed by atoms with Gasteiger partial charge >= 0.3 is 5.69 Å². The molecule has 5 N–H and O–H groups in total. The average Bonchev–Trinajstić information content (AvgIpc) is 3.55. The van der Waals surface area contributed by atoms with Gasteiger partial charge in [-0.1, -0.05) is 0 Å². The number of aliphatic hydroxyl groups is 3. The zero-order valence-electron chi connectivity index (χ0n) is 17.7. The van der Waals surface area contributed by atoms with E-state index < -0.39 is 42.1 Å². The predicted molar refractivity (Wildman–Crippen MR) is 111 cm³/mol. The summed E-state index contributed by atoms with van der Waals surface area (Å²) in [5.41, 5.74) is -1.37. The van der Waals surface area contributed by atoms with E-state index in [1.807, 2.05) is 0 Å². The molecule has 5 heterocycles. The molecule has 0 spiro atoms. The van der Waals surface area contributed by atoms with Gasteiger partial charge in [-0.05, 0) is 12.8 Å². The first kappa shape index (κ1) is 23.9. The maximum Gasteiger partial charge on any atom is 0.330 e. The van der Waals surface area contributed by atoms with E-state index in [2.05, 4.69) is 15.0 Å².